The van der Waals surface area contributed by atoms with Crippen molar-refractivity contribution < 1.29 is 20.1 Å². The number of hydrogen-bond acceptors (Lipinski definition) is 5. The summed E-state index contributed by atoms with van der Waals surface area (Å²) in [5.74, 6) is -0.477. The van der Waals surface area contributed by atoms with E-state index in [0.717, 1.165) is 0 Å². The van der Waals surface area contributed by atoms with E-state index in [1.165, 1.54) is 0 Å². The van der Waals surface area contributed by atoms with Gasteiger partial charge >= 0.3 is 0 Å². The Balaban J connectivity index is 3.88. The average molecular weight is 192 g/mol. The number of amides is 1. The maximum Gasteiger partial charge on any atom is 0.218 e. The number of primary amides is 1. The van der Waals surface area contributed by atoms with Gasteiger partial charge in [-0.2, -0.15) is 0 Å². The zero-order valence-corrected chi connectivity index (χ0v) is 7.36. The molecule has 0 spiro atoms. The molecule has 6 heteroatoms. The minimum atomic E-state index is -1.13. The Morgan fingerprint density at radius 2 is 1.69 bits per heavy atom. The summed E-state index contributed by atoms with van der Waals surface area (Å²) in [5, 5.41) is 29.2. The van der Waals surface area contributed by atoms with Gasteiger partial charge in [0, 0.05) is 13.0 Å². The number of carbonyl (C=O) groups excluding carboxylic acids is 1. The molecular formula is C7H16N2O4. The van der Waals surface area contributed by atoms with Crippen molar-refractivity contribution in [1.82, 2.24) is 5.32 Å². The van der Waals surface area contributed by atoms with Crippen molar-refractivity contribution in [3.05, 3.63) is 0 Å². The normalized spacial score (nSPS) is 11.6. The van der Waals surface area contributed by atoms with Gasteiger partial charge in [0.2, 0.25) is 5.91 Å². The third-order valence-electron chi connectivity index (χ3n) is 1.78. The van der Waals surface area contributed by atoms with Crippen LogP contribution in [0, 0.1) is 0 Å². The quantitative estimate of drug-likeness (QED) is 0.298. The van der Waals surface area contributed by atoms with Gasteiger partial charge in [-0.1, -0.05) is 0 Å². The number of carbonyl (C=O) groups is 1. The Morgan fingerprint density at radius 1 is 1.23 bits per heavy atom. The lowest BCUT2D eigenvalue weighted by molar-refractivity contribution is -0.118. The van der Waals surface area contributed by atoms with Crippen molar-refractivity contribution in [3.63, 3.8) is 0 Å². The second kappa shape index (κ2) is 5.87. The van der Waals surface area contributed by atoms with Crippen LogP contribution in [0.3, 0.4) is 0 Å². The number of nitrogens with two attached hydrogens (primary N) is 1. The molecule has 0 radical (unpaired) electrons. The molecule has 0 heterocycles. The highest BCUT2D eigenvalue weighted by atomic mass is 16.3. The van der Waals surface area contributed by atoms with E-state index < -0.39 is 31.3 Å². The molecule has 1 amide bonds. The summed E-state index contributed by atoms with van der Waals surface area (Å²) >= 11 is 0. The summed E-state index contributed by atoms with van der Waals surface area (Å²) in [6, 6.07) is 0. The van der Waals surface area contributed by atoms with E-state index >= 15 is 0 Å². The molecule has 6 nitrogen and oxygen atoms in total. The van der Waals surface area contributed by atoms with Crippen LogP contribution in [-0.2, 0) is 4.79 Å². The third kappa shape index (κ3) is 4.18. The first-order chi connectivity index (χ1) is 6.10. The van der Waals surface area contributed by atoms with Crippen LogP contribution in [0.5, 0.6) is 0 Å². The Bertz CT molecular complexity index is 150. The molecule has 0 saturated carbocycles. The molecular weight excluding hydrogens is 176 g/mol. The van der Waals surface area contributed by atoms with Gasteiger partial charge in [0.05, 0.1) is 25.4 Å². The Kier molecular flexibility index (Phi) is 5.56. The smallest absolute Gasteiger partial charge is 0.218 e. The van der Waals surface area contributed by atoms with E-state index in [0.29, 0.717) is 0 Å². The molecule has 0 fully saturated rings. The summed E-state index contributed by atoms with van der Waals surface area (Å²) in [5.41, 5.74) is 3.75. The fourth-order valence-corrected chi connectivity index (χ4v) is 0.769. The van der Waals surface area contributed by atoms with E-state index in [2.05, 4.69) is 5.32 Å². The predicted molar refractivity (Wildman–Crippen MR) is 45.8 cm³/mol. The average Bonchev–Trinajstić information content (AvgIpc) is 2.13. The molecule has 0 bridgehead atoms. The van der Waals surface area contributed by atoms with Gasteiger partial charge in [-0.05, 0) is 0 Å². The molecule has 78 valence electrons. The first-order valence-electron chi connectivity index (χ1n) is 3.96. The van der Waals surface area contributed by atoms with Gasteiger partial charge in [0.25, 0.3) is 0 Å². The van der Waals surface area contributed by atoms with E-state index in [4.69, 9.17) is 21.1 Å². The molecule has 0 aliphatic carbocycles. The minimum absolute atomic E-state index is 0.0990. The standard InChI is InChI=1S/C7H16N2O4/c8-6(13)1-2-9-7(3-10,4-11)5-12/h9-12H,1-5H2,(H2,8,13). The van der Waals surface area contributed by atoms with Crippen molar-refractivity contribution in [2.45, 2.75) is 12.0 Å². The van der Waals surface area contributed by atoms with Gasteiger partial charge in [-0.25, -0.2) is 0 Å². The van der Waals surface area contributed by atoms with Crippen LogP contribution in [0.15, 0.2) is 0 Å². The molecule has 0 rings (SSSR count). The zero-order valence-electron chi connectivity index (χ0n) is 7.36. The molecule has 0 aliphatic rings. The van der Waals surface area contributed by atoms with E-state index in [1.54, 1.807) is 0 Å². The van der Waals surface area contributed by atoms with Crippen LogP contribution in [0.25, 0.3) is 0 Å². The Labute approximate surface area is 76.4 Å². The summed E-state index contributed by atoms with van der Waals surface area (Å²) < 4.78 is 0. The van der Waals surface area contributed by atoms with Crippen molar-refractivity contribution in [2.24, 2.45) is 5.73 Å². The molecule has 0 unspecified atom stereocenters. The molecule has 0 saturated heterocycles. The van der Waals surface area contributed by atoms with Gasteiger partial charge < -0.3 is 26.4 Å². The summed E-state index contributed by atoms with van der Waals surface area (Å²) in [4.78, 5) is 10.3. The fourth-order valence-electron chi connectivity index (χ4n) is 0.769. The monoisotopic (exact) mass is 192 g/mol. The molecule has 0 aromatic rings. The summed E-state index contributed by atoms with van der Waals surface area (Å²) in [6.07, 6.45) is 0.0990. The fraction of sp³-hybridized carbons (Fsp3) is 0.857. The zero-order chi connectivity index (χ0) is 10.3. The van der Waals surface area contributed by atoms with Gasteiger partial charge in [-0.3, -0.25) is 4.79 Å². The second-order valence-corrected chi connectivity index (χ2v) is 2.90. The molecule has 0 atom stereocenters. The highest BCUT2D eigenvalue weighted by molar-refractivity contribution is 5.73. The second-order valence-electron chi connectivity index (χ2n) is 2.90. The van der Waals surface area contributed by atoms with Crippen LogP contribution in [0.4, 0.5) is 0 Å². The molecule has 13 heavy (non-hydrogen) atoms. The predicted octanol–water partition coefficient (Wildman–Crippen LogP) is -2.83. The van der Waals surface area contributed by atoms with Crippen LogP contribution >= 0.6 is 0 Å². The lowest BCUT2D eigenvalue weighted by Gasteiger charge is -2.28. The van der Waals surface area contributed by atoms with Gasteiger partial charge in [0.1, 0.15) is 0 Å². The molecule has 0 aliphatic heterocycles. The largest absolute Gasteiger partial charge is 0.394 e. The first-order valence-corrected chi connectivity index (χ1v) is 3.96. The van der Waals surface area contributed by atoms with Crippen LogP contribution in [0.2, 0.25) is 0 Å². The van der Waals surface area contributed by atoms with Crippen molar-refractivity contribution in [2.75, 3.05) is 26.4 Å². The summed E-state index contributed by atoms with van der Waals surface area (Å²) in [7, 11) is 0. The summed E-state index contributed by atoms with van der Waals surface area (Å²) in [6.45, 7) is -0.993. The van der Waals surface area contributed by atoms with Crippen molar-refractivity contribution >= 4 is 5.91 Å². The number of hydrogen-bond donors (Lipinski definition) is 5. The maximum absolute atomic E-state index is 10.3. The maximum atomic E-state index is 10.3. The van der Waals surface area contributed by atoms with Crippen LogP contribution in [0.1, 0.15) is 6.42 Å². The number of aliphatic hydroxyl groups is 3. The highest BCUT2D eigenvalue weighted by Crippen LogP contribution is 2.00. The first kappa shape index (κ1) is 12.3. The number of aliphatic hydroxyl groups excluding tert-OH is 3. The van der Waals surface area contributed by atoms with Crippen molar-refractivity contribution in [1.29, 1.82) is 0 Å². The van der Waals surface area contributed by atoms with E-state index in [-0.39, 0.29) is 13.0 Å². The SMILES string of the molecule is NC(=O)CCNC(CO)(CO)CO. The lowest BCUT2D eigenvalue weighted by atomic mass is 10.0. The number of rotatable bonds is 7. The van der Waals surface area contributed by atoms with Crippen LogP contribution in [-0.4, -0.2) is 53.1 Å². The third-order valence-corrected chi connectivity index (χ3v) is 1.78. The van der Waals surface area contributed by atoms with Crippen LogP contribution < -0.4 is 11.1 Å². The van der Waals surface area contributed by atoms with Gasteiger partial charge in [0.15, 0.2) is 0 Å². The van der Waals surface area contributed by atoms with E-state index in [1.807, 2.05) is 0 Å². The topological polar surface area (TPSA) is 116 Å². The van der Waals surface area contributed by atoms with E-state index in [9.17, 15) is 4.79 Å². The lowest BCUT2D eigenvalue weighted by Crippen LogP contribution is -2.55. The molecule has 0 aromatic carbocycles. The molecule has 0 aromatic heterocycles. The number of nitrogens with one attached hydrogen (secondary N) is 1. The van der Waals surface area contributed by atoms with Crippen molar-refractivity contribution in [3.8, 4) is 0 Å². The Morgan fingerprint density at radius 3 is 2.00 bits per heavy atom. The minimum Gasteiger partial charge on any atom is -0.394 e. The highest BCUT2D eigenvalue weighted by Gasteiger charge is 2.26. The Hall–Kier alpha value is -0.690. The molecule has 6 N–H and O–H groups in total. The van der Waals surface area contributed by atoms with Gasteiger partial charge in [-0.15, -0.1) is 0 Å².